The molecule has 0 aromatic carbocycles. The molecule has 0 radical (unpaired) electrons. The van der Waals surface area contributed by atoms with Crippen LogP contribution in [0.2, 0.25) is 0 Å². The number of aromatic nitrogens is 1. The van der Waals surface area contributed by atoms with E-state index in [0.29, 0.717) is 5.41 Å². The Morgan fingerprint density at radius 1 is 1.36 bits per heavy atom. The first-order valence-electron chi connectivity index (χ1n) is 5.20. The van der Waals surface area contributed by atoms with Gasteiger partial charge in [-0.15, -0.1) is 0 Å². The Bertz CT molecular complexity index is 402. The summed E-state index contributed by atoms with van der Waals surface area (Å²) in [7, 11) is 0. The molecule has 14 heavy (non-hydrogen) atoms. The minimum atomic E-state index is 0.0298. The maximum atomic E-state index is 11.2. The van der Waals surface area contributed by atoms with Gasteiger partial charge in [0.15, 0.2) is 0 Å². The lowest BCUT2D eigenvalue weighted by Gasteiger charge is -2.25. The molecule has 2 fully saturated rings. The fraction of sp³-hybridized carbons (Fsp3) is 0.545. The first-order valence-corrected chi connectivity index (χ1v) is 5.20. The van der Waals surface area contributed by atoms with E-state index in [9.17, 15) is 4.79 Å². The Labute approximate surface area is 82.8 Å². The predicted molar refractivity (Wildman–Crippen MR) is 54.4 cm³/mol. The quantitative estimate of drug-likeness (QED) is 0.708. The van der Waals surface area contributed by atoms with E-state index in [1.165, 1.54) is 31.5 Å². The van der Waals surface area contributed by atoms with Crippen LogP contribution in [-0.4, -0.2) is 29.5 Å². The number of hydrogen-bond acceptors (Lipinski definition) is 2. The molecule has 1 N–H and O–H groups in total. The number of hydrogen-bond donors (Lipinski definition) is 1. The zero-order valence-electron chi connectivity index (χ0n) is 8.12. The zero-order chi connectivity index (χ0) is 9.60. The van der Waals surface area contributed by atoms with Gasteiger partial charge >= 0.3 is 0 Å². The number of nitrogens with zero attached hydrogens (tertiary/aromatic N) is 1. The standard InChI is InChI=1S/C11H14N2O/c14-10-7-9(1-4-12-10)11-2-5-13(8-11)6-3-11/h1,4,7H,2-3,5-6,8H2,(H,12,14). The predicted octanol–water partition coefficient (Wildman–Crippen LogP) is 0.722. The van der Waals surface area contributed by atoms with Gasteiger partial charge < -0.3 is 9.88 Å². The smallest absolute Gasteiger partial charge is 0.248 e. The maximum Gasteiger partial charge on any atom is 0.248 e. The Morgan fingerprint density at radius 2 is 2.14 bits per heavy atom. The van der Waals surface area contributed by atoms with E-state index in [1.807, 2.05) is 0 Å². The van der Waals surface area contributed by atoms with Gasteiger partial charge in [-0.3, -0.25) is 4.79 Å². The molecule has 0 unspecified atom stereocenters. The summed E-state index contributed by atoms with van der Waals surface area (Å²) >= 11 is 0. The van der Waals surface area contributed by atoms with Crippen molar-refractivity contribution >= 4 is 0 Å². The molecule has 0 spiro atoms. The van der Waals surface area contributed by atoms with Crippen LogP contribution in [0, 0.1) is 0 Å². The highest BCUT2D eigenvalue weighted by Crippen LogP contribution is 2.42. The van der Waals surface area contributed by atoms with E-state index in [4.69, 9.17) is 0 Å². The van der Waals surface area contributed by atoms with Crippen molar-refractivity contribution in [2.75, 3.05) is 19.6 Å². The van der Waals surface area contributed by atoms with Crippen LogP contribution in [0.25, 0.3) is 0 Å². The fourth-order valence-corrected chi connectivity index (χ4v) is 2.88. The van der Waals surface area contributed by atoms with Gasteiger partial charge in [0.2, 0.25) is 5.56 Å². The van der Waals surface area contributed by atoms with Crippen molar-refractivity contribution in [1.82, 2.24) is 9.88 Å². The lowest BCUT2D eigenvalue weighted by Crippen LogP contribution is -2.26. The molecule has 3 heteroatoms. The highest BCUT2D eigenvalue weighted by molar-refractivity contribution is 5.27. The topological polar surface area (TPSA) is 36.1 Å². The molecule has 0 atom stereocenters. The average molecular weight is 190 g/mol. The van der Waals surface area contributed by atoms with Gasteiger partial charge in [-0.05, 0) is 37.6 Å². The summed E-state index contributed by atoms with van der Waals surface area (Å²) in [5.74, 6) is 0. The van der Waals surface area contributed by atoms with E-state index < -0.39 is 0 Å². The molecular weight excluding hydrogens is 176 g/mol. The molecule has 74 valence electrons. The Balaban J connectivity index is 2.06. The van der Waals surface area contributed by atoms with Crippen molar-refractivity contribution < 1.29 is 0 Å². The van der Waals surface area contributed by atoms with Gasteiger partial charge in [0.25, 0.3) is 0 Å². The molecule has 2 saturated heterocycles. The van der Waals surface area contributed by atoms with Gasteiger partial charge in [-0.25, -0.2) is 0 Å². The number of nitrogens with one attached hydrogen (secondary N) is 1. The molecule has 3 rings (SSSR count). The number of H-pyrrole nitrogens is 1. The van der Waals surface area contributed by atoms with Crippen LogP contribution >= 0.6 is 0 Å². The normalized spacial score (nSPS) is 35.0. The molecule has 0 saturated carbocycles. The van der Waals surface area contributed by atoms with Gasteiger partial charge in [0.1, 0.15) is 0 Å². The molecule has 1 aromatic heterocycles. The molecule has 0 aliphatic carbocycles. The van der Waals surface area contributed by atoms with Crippen molar-refractivity contribution in [3.8, 4) is 0 Å². The van der Waals surface area contributed by atoms with Crippen LogP contribution < -0.4 is 5.56 Å². The van der Waals surface area contributed by atoms with Gasteiger partial charge in [0.05, 0.1) is 0 Å². The number of pyridine rings is 1. The summed E-state index contributed by atoms with van der Waals surface area (Å²) in [6.45, 7) is 3.55. The van der Waals surface area contributed by atoms with E-state index in [-0.39, 0.29) is 5.56 Å². The molecule has 2 bridgehead atoms. The minimum Gasteiger partial charge on any atom is -0.329 e. The van der Waals surface area contributed by atoms with Gasteiger partial charge in [-0.1, -0.05) is 0 Å². The maximum absolute atomic E-state index is 11.2. The second kappa shape index (κ2) is 2.70. The van der Waals surface area contributed by atoms with Crippen LogP contribution in [0.3, 0.4) is 0 Å². The molecule has 0 amide bonds. The SMILES string of the molecule is O=c1cc(C23CCN(CC2)C3)cc[nH]1. The van der Waals surface area contributed by atoms with Crippen molar-refractivity contribution in [3.05, 3.63) is 34.2 Å². The van der Waals surface area contributed by atoms with Crippen molar-refractivity contribution in [2.45, 2.75) is 18.3 Å². The summed E-state index contributed by atoms with van der Waals surface area (Å²) in [6.07, 6.45) is 4.21. The number of aromatic amines is 1. The van der Waals surface area contributed by atoms with Gasteiger partial charge in [0, 0.05) is 24.2 Å². The van der Waals surface area contributed by atoms with Gasteiger partial charge in [-0.2, -0.15) is 0 Å². The Kier molecular flexibility index (Phi) is 1.59. The first kappa shape index (κ1) is 8.24. The van der Waals surface area contributed by atoms with Crippen LogP contribution in [0.15, 0.2) is 23.1 Å². The summed E-state index contributed by atoms with van der Waals surface area (Å²) < 4.78 is 0. The highest BCUT2D eigenvalue weighted by Gasteiger charge is 2.44. The number of rotatable bonds is 1. The first-order chi connectivity index (χ1) is 6.78. The summed E-state index contributed by atoms with van der Waals surface area (Å²) in [6, 6.07) is 3.84. The summed E-state index contributed by atoms with van der Waals surface area (Å²) in [5.41, 5.74) is 1.57. The average Bonchev–Trinajstić information content (AvgIpc) is 2.78. The Morgan fingerprint density at radius 3 is 2.71 bits per heavy atom. The fourth-order valence-electron chi connectivity index (χ4n) is 2.88. The van der Waals surface area contributed by atoms with Crippen molar-refractivity contribution in [1.29, 1.82) is 0 Å². The molecular formula is C11H14N2O. The van der Waals surface area contributed by atoms with Crippen LogP contribution in [0.5, 0.6) is 0 Å². The van der Waals surface area contributed by atoms with Crippen LogP contribution in [0.4, 0.5) is 0 Å². The summed E-state index contributed by atoms with van der Waals surface area (Å²) in [4.78, 5) is 16.4. The van der Waals surface area contributed by atoms with E-state index in [2.05, 4.69) is 16.0 Å². The third-order valence-electron chi connectivity index (χ3n) is 3.73. The van der Waals surface area contributed by atoms with Crippen molar-refractivity contribution in [3.63, 3.8) is 0 Å². The lowest BCUT2D eigenvalue weighted by molar-refractivity contribution is 0.364. The zero-order valence-corrected chi connectivity index (χ0v) is 8.12. The van der Waals surface area contributed by atoms with E-state index in [1.54, 1.807) is 12.3 Å². The molecule has 1 aromatic rings. The lowest BCUT2D eigenvalue weighted by atomic mass is 9.78. The largest absolute Gasteiger partial charge is 0.329 e. The minimum absolute atomic E-state index is 0.0298. The van der Waals surface area contributed by atoms with Crippen molar-refractivity contribution in [2.24, 2.45) is 0 Å². The second-order valence-electron chi connectivity index (χ2n) is 4.50. The third kappa shape index (κ3) is 1.05. The second-order valence-corrected chi connectivity index (χ2v) is 4.50. The molecule has 2 aliphatic heterocycles. The third-order valence-corrected chi connectivity index (χ3v) is 3.73. The van der Waals surface area contributed by atoms with Crippen LogP contribution in [-0.2, 0) is 5.41 Å². The molecule has 2 aliphatic rings. The molecule has 3 heterocycles. The number of piperidine rings is 1. The van der Waals surface area contributed by atoms with E-state index >= 15 is 0 Å². The monoisotopic (exact) mass is 190 g/mol. The number of fused-ring (bicyclic) bond motifs is 2. The molecule has 3 nitrogen and oxygen atoms in total. The van der Waals surface area contributed by atoms with E-state index in [0.717, 1.165) is 6.54 Å². The van der Waals surface area contributed by atoms with Crippen LogP contribution in [0.1, 0.15) is 18.4 Å². The highest BCUT2D eigenvalue weighted by atomic mass is 16.1. The Hall–Kier alpha value is -1.09. The summed E-state index contributed by atoms with van der Waals surface area (Å²) in [5, 5.41) is 0.